The van der Waals surface area contributed by atoms with Crippen LogP contribution >= 0.6 is 0 Å². The number of methoxy groups -OCH3 is 1. The summed E-state index contributed by atoms with van der Waals surface area (Å²) in [7, 11) is 1.49. The summed E-state index contributed by atoms with van der Waals surface area (Å²) in [5, 5.41) is 39.9. The number of likely N-dealkylation sites (tertiary alicyclic amines) is 1. The van der Waals surface area contributed by atoms with Gasteiger partial charge in [0.15, 0.2) is 0 Å². The fraction of sp³-hybridized carbons (Fsp3) is 0.296. The van der Waals surface area contributed by atoms with Crippen LogP contribution < -0.4 is 20.9 Å². The van der Waals surface area contributed by atoms with E-state index in [-0.39, 0.29) is 48.3 Å². The van der Waals surface area contributed by atoms with Gasteiger partial charge in [-0.05, 0) is 96.4 Å². The van der Waals surface area contributed by atoms with Crippen LogP contribution in [0.5, 0.6) is 11.5 Å². The monoisotopic (exact) mass is 919 g/mol. The molecule has 14 nitrogen and oxygen atoms in total. The molecule has 6 aromatic rings. The number of nitrogens with zero attached hydrogens (tertiary/aromatic N) is 2. The molecule has 1 fully saturated rings. The second-order valence-electron chi connectivity index (χ2n) is 17.4. The van der Waals surface area contributed by atoms with E-state index in [9.17, 15) is 34.5 Å². The summed E-state index contributed by atoms with van der Waals surface area (Å²) in [5.74, 6) is -0.858. The van der Waals surface area contributed by atoms with Crippen molar-refractivity contribution in [3.8, 4) is 11.5 Å². The molecule has 1 saturated heterocycles. The summed E-state index contributed by atoms with van der Waals surface area (Å²) in [6.07, 6.45) is 3.32. The zero-order chi connectivity index (χ0) is 47.6. The Hall–Kier alpha value is -7.10. The molecule has 3 heterocycles. The number of piperidine rings is 1. The highest BCUT2D eigenvalue weighted by molar-refractivity contribution is 5.97. The summed E-state index contributed by atoms with van der Waals surface area (Å²) in [4.78, 5) is 59.0. The summed E-state index contributed by atoms with van der Waals surface area (Å²) in [6.45, 7) is 3.90. The van der Waals surface area contributed by atoms with Crippen LogP contribution in [0.3, 0.4) is 0 Å². The molecule has 14 heteroatoms. The van der Waals surface area contributed by atoms with E-state index < -0.39 is 23.6 Å². The minimum absolute atomic E-state index is 0.0919. The number of phenolic OH excluding ortho intramolecular Hbond substituents is 1. The van der Waals surface area contributed by atoms with Gasteiger partial charge in [-0.1, -0.05) is 97.1 Å². The first kappa shape index (κ1) is 47.4. The van der Waals surface area contributed by atoms with Gasteiger partial charge in [-0.3, -0.25) is 19.3 Å². The standard InChI is InChI=1S/C54H57N5O9/c1-67-48-30-40(15-16-41(48)31-55-32-47(61)44-17-19-46(60)51-45(44)18-20-49(62)57-51)52(64)56-33-50(63)59-27-23-38(24-28-59)39-11-8-14-43(29-39)54(66,42-12-6-3-7-13-42)53(65)68-35-37-21-25-58(26-22-37)34-36-9-4-2-5-10-36/h2-20,23,29-30,37,47,55,60-61,66H,21-22,24-28,31-35H2,1H3,(H,56,64)(H,57,62)/t47-,54-/m0/s1. The van der Waals surface area contributed by atoms with Gasteiger partial charge in [0.05, 0.1) is 31.9 Å². The average molecular weight is 920 g/mol. The minimum atomic E-state index is -2.04. The number of aliphatic hydroxyl groups is 2. The van der Waals surface area contributed by atoms with Crippen molar-refractivity contribution in [2.24, 2.45) is 5.92 Å². The van der Waals surface area contributed by atoms with E-state index in [2.05, 4.69) is 44.8 Å². The zero-order valence-electron chi connectivity index (χ0n) is 38.0. The Balaban J connectivity index is 0.835. The van der Waals surface area contributed by atoms with Crippen molar-refractivity contribution in [2.75, 3.05) is 53.0 Å². The number of aromatic amines is 1. The number of benzene rings is 5. The predicted molar refractivity (Wildman–Crippen MR) is 259 cm³/mol. The molecule has 0 bridgehead atoms. The average Bonchev–Trinajstić information content (AvgIpc) is 3.38. The topological polar surface area (TPSA) is 194 Å². The van der Waals surface area contributed by atoms with Gasteiger partial charge in [-0.25, -0.2) is 4.79 Å². The number of ether oxygens (including phenoxy) is 2. The number of carbonyl (C=O) groups is 3. The van der Waals surface area contributed by atoms with Crippen molar-refractivity contribution in [1.29, 1.82) is 0 Å². The van der Waals surface area contributed by atoms with E-state index in [1.807, 2.05) is 36.4 Å². The number of aliphatic hydroxyl groups excluding tert-OH is 1. The van der Waals surface area contributed by atoms with Gasteiger partial charge in [0.1, 0.15) is 11.5 Å². The lowest BCUT2D eigenvalue weighted by molar-refractivity contribution is -0.164. The lowest BCUT2D eigenvalue weighted by Gasteiger charge is -2.33. The second kappa shape index (κ2) is 21.7. The van der Waals surface area contributed by atoms with Gasteiger partial charge in [0.25, 0.3) is 5.91 Å². The minimum Gasteiger partial charge on any atom is -0.506 e. The Morgan fingerprint density at radius 2 is 1.62 bits per heavy atom. The van der Waals surface area contributed by atoms with Crippen LogP contribution in [-0.2, 0) is 33.0 Å². The molecule has 0 aliphatic carbocycles. The van der Waals surface area contributed by atoms with Gasteiger partial charge < -0.3 is 45.3 Å². The van der Waals surface area contributed by atoms with Crippen molar-refractivity contribution in [2.45, 2.75) is 44.1 Å². The van der Waals surface area contributed by atoms with Crippen LogP contribution in [0, 0.1) is 5.92 Å². The van der Waals surface area contributed by atoms with Crippen LogP contribution in [-0.4, -0.2) is 101 Å². The van der Waals surface area contributed by atoms with Crippen molar-refractivity contribution in [3.63, 3.8) is 0 Å². The first-order valence-electron chi connectivity index (χ1n) is 23.0. The Morgan fingerprint density at radius 3 is 2.35 bits per heavy atom. The first-order valence-corrected chi connectivity index (χ1v) is 23.0. The highest BCUT2D eigenvalue weighted by Gasteiger charge is 2.42. The number of pyridine rings is 1. The van der Waals surface area contributed by atoms with Crippen molar-refractivity contribution >= 4 is 34.3 Å². The van der Waals surface area contributed by atoms with E-state index >= 15 is 0 Å². The summed E-state index contributed by atoms with van der Waals surface area (Å²) in [6, 6.07) is 37.5. The number of phenols is 1. The highest BCUT2D eigenvalue weighted by Crippen LogP contribution is 2.35. The van der Waals surface area contributed by atoms with Gasteiger partial charge in [0.2, 0.25) is 17.1 Å². The number of amides is 2. The van der Waals surface area contributed by atoms with Crippen molar-refractivity contribution < 1.29 is 39.2 Å². The van der Waals surface area contributed by atoms with Gasteiger partial charge >= 0.3 is 5.97 Å². The van der Waals surface area contributed by atoms with E-state index in [1.54, 1.807) is 65.6 Å². The normalized spacial score (nSPS) is 15.8. The van der Waals surface area contributed by atoms with Gasteiger partial charge in [-0.2, -0.15) is 0 Å². The molecular weight excluding hydrogens is 863 g/mol. The number of rotatable bonds is 17. The Bertz CT molecular complexity index is 2830. The van der Waals surface area contributed by atoms with Gasteiger partial charge in [0, 0.05) is 60.9 Å². The molecule has 0 unspecified atom stereocenters. The number of aromatic hydroxyl groups is 1. The third kappa shape index (κ3) is 11.0. The SMILES string of the molecule is COc1cc(C(=O)NCC(=O)N2CC=C(c3cccc([C@](O)(C(=O)OCC4CCN(Cc5ccccc5)CC4)c4ccccc4)c3)CC2)ccc1CNC[C@H](O)c1ccc(O)c2[nH]c(=O)ccc12. The number of carbonyl (C=O) groups excluding carboxylic acids is 3. The fourth-order valence-electron chi connectivity index (χ4n) is 9.04. The van der Waals surface area contributed by atoms with E-state index in [0.29, 0.717) is 59.4 Å². The molecule has 2 aliphatic rings. The molecule has 0 saturated carbocycles. The molecule has 68 heavy (non-hydrogen) atoms. The lowest BCUT2D eigenvalue weighted by atomic mass is 9.84. The summed E-state index contributed by atoms with van der Waals surface area (Å²) in [5.41, 5.74) is 3.30. The molecular formula is C54H57N5O9. The van der Waals surface area contributed by atoms with Crippen LogP contribution in [0.4, 0.5) is 0 Å². The number of hydrogen-bond acceptors (Lipinski definition) is 11. The van der Waals surface area contributed by atoms with Crippen LogP contribution in [0.1, 0.15) is 69.1 Å². The summed E-state index contributed by atoms with van der Waals surface area (Å²) >= 11 is 0. The van der Waals surface area contributed by atoms with Crippen molar-refractivity contribution in [1.82, 2.24) is 25.4 Å². The molecule has 352 valence electrons. The maximum atomic E-state index is 14.0. The number of nitrogens with one attached hydrogen (secondary N) is 3. The molecule has 5 aromatic carbocycles. The summed E-state index contributed by atoms with van der Waals surface area (Å²) < 4.78 is 11.5. The molecule has 2 aliphatic heterocycles. The number of aromatic nitrogens is 1. The molecule has 2 atom stereocenters. The first-order chi connectivity index (χ1) is 33.0. The Labute approximate surface area is 394 Å². The fourth-order valence-corrected chi connectivity index (χ4v) is 9.04. The van der Waals surface area contributed by atoms with Crippen LogP contribution in [0.2, 0.25) is 0 Å². The predicted octanol–water partition coefficient (Wildman–Crippen LogP) is 5.80. The maximum Gasteiger partial charge on any atom is 0.347 e. The lowest BCUT2D eigenvalue weighted by Crippen LogP contribution is -2.42. The Morgan fingerprint density at radius 1 is 0.868 bits per heavy atom. The van der Waals surface area contributed by atoms with Crippen molar-refractivity contribution in [3.05, 3.63) is 183 Å². The molecule has 8 rings (SSSR count). The third-order valence-electron chi connectivity index (χ3n) is 13.0. The molecule has 0 radical (unpaired) electrons. The van der Waals surface area contributed by atoms with Crippen LogP contribution in [0.25, 0.3) is 16.5 Å². The largest absolute Gasteiger partial charge is 0.506 e. The maximum absolute atomic E-state index is 14.0. The smallest absolute Gasteiger partial charge is 0.347 e. The van der Waals surface area contributed by atoms with E-state index in [1.165, 1.54) is 24.8 Å². The Kier molecular flexibility index (Phi) is 15.1. The van der Waals surface area contributed by atoms with Gasteiger partial charge in [-0.15, -0.1) is 0 Å². The number of fused-ring (bicyclic) bond motifs is 1. The van der Waals surface area contributed by atoms with Crippen LogP contribution in [0.15, 0.2) is 138 Å². The molecule has 6 N–H and O–H groups in total. The quantitative estimate of drug-likeness (QED) is 0.0606. The number of hydrogen-bond donors (Lipinski definition) is 6. The highest BCUT2D eigenvalue weighted by atomic mass is 16.5. The molecule has 1 aromatic heterocycles. The van der Waals surface area contributed by atoms with E-state index in [0.717, 1.165) is 49.2 Å². The molecule has 0 spiro atoms. The third-order valence-corrected chi connectivity index (χ3v) is 13.0. The molecule has 2 amide bonds. The second-order valence-corrected chi connectivity index (χ2v) is 17.4. The zero-order valence-corrected chi connectivity index (χ0v) is 38.0. The number of esters is 1. The number of H-pyrrole nitrogens is 1. The van der Waals surface area contributed by atoms with E-state index in [4.69, 9.17) is 9.47 Å².